The van der Waals surface area contributed by atoms with E-state index < -0.39 is 5.97 Å². The van der Waals surface area contributed by atoms with Crippen LogP contribution >= 0.6 is 0 Å². The summed E-state index contributed by atoms with van der Waals surface area (Å²) in [5, 5.41) is 12.0. The number of unbranched alkanes of at least 4 members (excludes halogenated alkanes) is 1. The van der Waals surface area contributed by atoms with E-state index in [1.807, 2.05) is 48.5 Å². The minimum Gasteiger partial charge on any atom is -0.495 e. The molecule has 166 valence electrons. The number of rotatable bonds is 9. The Balaban J connectivity index is 1.77. The number of ether oxygens (including phenoxy) is 1. The zero-order valence-corrected chi connectivity index (χ0v) is 18.4. The molecule has 3 rings (SSSR count). The summed E-state index contributed by atoms with van der Waals surface area (Å²) < 4.78 is 5.53. The number of carbonyl (C=O) groups excluding carboxylic acids is 1. The quantitative estimate of drug-likeness (QED) is 0.442. The largest absolute Gasteiger partial charge is 0.495 e. The van der Waals surface area contributed by atoms with Gasteiger partial charge in [0.05, 0.1) is 18.4 Å². The molecule has 0 aliphatic carbocycles. The molecule has 0 spiro atoms. The number of nitrogens with one attached hydrogen (secondary N) is 1. The maximum Gasteiger partial charge on any atom is 0.335 e. The summed E-state index contributed by atoms with van der Waals surface area (Å²) in [6.45, 7) is 3.05. The van der Waals surface area contributed by atoms with Gasteiger partial charge >= 0.3 is 12.0 Å². The van der Waals surface area contributed by atoms with E-state index in [4.69, 9.17) is 9.84 Å². The lowest BCUT2D eigenvalue weighted by molar-refractivity contribution is 0.0696. The molecule has 2 N–H and O–H groups in total. The molecular weight excluding hydrogens is 404 g/mol. The van der Waals surface area contributed by atoms with Crippen LogP contribution in [0.3, 0.4) is 0 Å². The Morgan fingerprint density at radius 1 is 0.969 bits per heavy atom. The average molecular weight is 433 g/mol. The van der Waals surface area contributed by atoms with Crippen molar-refractivity contribution < 1.29 is 19.4 Å². The summed E-state index contributed by atoms with van der Waals surface area (Å²) in [7, 11) is 1.58. The second-order valence-corrected chi connectivity index (χ2v) is 7.49. The minimum atomic E-state index is -0.969. The van der Waals surface area contributed by atoms with E-state index in [0.717, 1.165) is 29.5 Å². The molecule has 3 aromatic rings. The Hall–Kier alpha value is -3.80. The van der Waals surface area contributed by atoms with Gasteiger partial charge in [-0.1, -0.05) is 61.9 Å². The Bertz CT molecular complexity index is 1050. The summed E-state index contributed by atoms with van der Waals surface area (Å²) in [6, 6.07) is 22.0. The number of nitrogens with zero attached hydrogens (tertiary/aromatic N) is 1. The van der Waals surface area contributed by atoms with E-state index in [1.165, 1.54) is 0 Å². The van der Waals surface area contributed by atoms with Crippen LogP contribution in [0.25, 0.3) is 11.1 Å². The molecule has 2 amide bonds. The maximum atomic E-state index is 13.1. The average Bonchev–Trinajstić information content (AvgIpc) is 2.82. The lowest BCUT2D eigenvalue weighted by Gasteiger charge is -2.24. The smallest absolute Gasteiger partial charge is 0.335 e. The predicted molar refractivity (Wildman–Crippen MR) is 126 cm³/mol. The number of carboxylic acid groups (broad SMARTS) is 1. The zero-order valence-electron chi connectivity index (χ0n) is 18.4. The summed E-state index contributed by atoms with van der Waals surface area (Å²) in [5.41, 5.74) is 3.76. The fraction of sp³-hybridized carbons (Fsp3) is 0.231. The summed E-state index contributed by atoms with van der Waals surface area (Å²) >= 11 is 0. The number of amides is 2. The second kappa shape index (κ2) is 11.0. The molecule has 0 saturated heterocycles. The molecular formula is C26H28N2O4. The van der Waals surface area contributed by atoms with E-state index in [2.05, 4.69) is 12.2 Å². The molecule has 0 saturated carbocycles. The Morgan fingerprint density at radius 2 is 1.69 bits per heavy atom. The van der Waals surface area contributed by atoms with Crippen LogP contribution in [-0.2, 0) is 6.54 Å². The monoisotopic (exact) mass is 432 g/mol. The summed E-state index contributed by atoms with van der Waals surface area (Å²) in [5.74, 6) is -0.385. The first-order valence-corrected chi connectivity index (χ1v) is 10.6. The number of carboxylic acids is 1. The Morgan fingerprint density at radius 3 is 2.31 bits per heavy atom. The van der Waals surface area contributed by atoms with Crippen LogP contribution in [0.2, 0.25) is 0 Å². The van der Waals surface area contributed by atoms with Crippen molar-refractivity contribution in [3.05, 3.63) is 83.9 Å². The van der Waals surface area contributed by atoms with E-state index in [0.29, 0.717) is 24.5 Å². The molecule has 3 aromatic carbocycles. The molecule has 32 heavy (non-hydrogen) atoms. The molecule has 0 aromatic heterocycles. The minimum absolute atomic E-state index is 0.224. The maximum absolute atomic E-state index is 13.1. The molecule has 0 radical (unpaired) electrons. The van der Waals surface area contributed by atoms with Crippen molar-refractivity contribution in [1.29, 1.82) is 0 Å². The normalized spacial score (nSPS) is 10.4. The van der Waals surface area contributed by atoms with Gasteiger partial charge in [-0.05, 0) is 47.4 Å². The topological polar surface area (TPSA) is 78.9 Å². The molecule has 6 nitrogen and oxygen atoms in total. The summed E-state index contributed by atoms with van der Waals surface area (Å²) in [4.78, 5) is 25.9. The third-order valence-corrected chi connectivity index (χ3v) is 5.19. The van der Waals surface area contributed by atoms with Crippen LogP contribution in [0.15, 0.2) is 72.8 Å². The molecule has 0 atom stereocenters. The number of carbonyl (C=O) groups is 2. The van der Waals surface area contributed by atoms with Gasteiger partial charge in [0, 0.05) is 13.1 Å². The fourth-order valence-corrected chi connectivity index (χ4v) is 3.37. The highest BCUT2D eigenvalue weighted by Crippen LogP contribution is 2.31. The van der Waals surface area contributed by atoms with Crippen molar-refractivity contribution in [2.45, 2.75) is 26.3 Å². The molecule has 6 heteroatoms. The lowest BCUT2D eigenvalue weighted by Crippen LogP contribution is -2.35. The highest BCUT2D eigenvalue weighted by molar-refractivity contribution is 5.92. The van der Waals surface area contributed by atoms with Crippen molar-refractivity contribution >= 4 is 17.7 Å². The van der Waals surface area contributed by atoms with Crippen molar-refractivity contribution in [2.24, 2.45) is 0 Å². The number of anilines is 1. The van der Waals surface area contributed by atoms with E-state index >= 15 is 0 Å². The SMILES string of the molecule is CCCCN(Cc1ccc(C(=O)O)cc1)C(=O)Nc1ccc(-c2ccccc2)cc1OC. The van der Waals surface area contributed by atoms with Gasteiger partial charge < -0.3 is 20.1 Å². The first-order valence-electron chi connectivity index (χ1n) is 10.6. The van der Waals surface area contributed by atoms with Gasteiger partial charge in [0.15, 0.2) is 0 Å². The molecule has 0 bridgehead atoms. The highest BCUT2D eigenvalue weighted by atomic mass is 16.5. The van der Waals surface area contributed by atoms with Crippen LogP contribution in [0.5, 0.6) is 5.75 Å². The van der Waals surface area contributed by atoms with Gasteiger partial charge in [-0.3, -0.25) is 0 Å². The molecule has 0 aliphatic heterocycles. The predicted octanol–water partition coefficient (Wildman–Crippen LogP) is 5.89. The summed E-state index contributed by atoms with van der Waals surface area (Å²) in [6.07, 6.45) is 1.82. The van der Waals surface area contributed by atoms with Crippen molar-refractivity contribution in [1.82, 2.24) is 4.90 Å². The van der Waals surface area contributed by atoms with Crippen LogP contribution in [0.4, 0.5) is 10.5 Å². The van der Waals surface area contributed by atoms with Crippen molar-refractivity contribution in [2.75, 3.05) is 19.0 Å². The molecule has 0 aliphatic rings. The Kier molecular flexibility index (Phi) is 7.86. The van der Waals surface area contributed by atoms with Gasteiger partial charge in [0.2, 0.25) is 0 Å². The van der Waals surface area contributed by atoms with E-state index in [9.17, 15) is 9.59 Å². The number of methoxy groups -OCH3 is 1. The Labute approximate surface area is 188 Å². The third-order valence-electron chi connectivity index (χ3n) is 5.19. The first-order chi connectivity index (χ1) is 15.5. The molecule has 0 unspecified atom stereocenters. The molecule has 0 fully saturated rings. The van der Waals surface area contributed by atoms with Crippen LogP contribution in [-0.4, -0.2) is 35.7 Å². The standard InChI is InChI=1S/C26H28N2O4/c1-3-4-16-28(18-19-10-12-21(13-11-19)25(29)30)26(31)27-23-15-14-22(17-24(23)32-2)20-8-6-5-7-9-20/h5-15,17H,3-4,16,18H2,1-2H3,(H,27,31)(H,29,30). The highest BCUT2D eigenvalue weighted by Gasteiger charge is 2.17. The number of urea groups is 1. The third kappa shape index (κ3) is 5.88. The second-order valence-electron chi connectivity index (χ2n) is 7.49. The van der Waals surface area contributed by atoms with Crippen molar-refractivity contribution in [3.63, 3.8) is 0 Å². The number of hydrogen-bond acceptors (Lipinski definition) is 3. The van der Waals surface area contributed by atoms with Gasteiger partial charge in [-0.15, -0.1) is 0 Å². The van der Waals surface area contributed by atoms with E-state index in [1.54, 1.807) is 36.3 Å². The van der Waals surface area contributed by atoms with Gasteiger partial charge in [0.1, 0.15) is 5.75 Å². The fourth-order valence-electron chi connectivity index (χ4n) is 3.37. The number of hydrogen-bond donors (Lipinski definition) is 2. The van der Waals surface area contributed by atoms with Crippen LogP contribution < -0.4 is 10.1 Å². The van der Waals surface area contributed by atoms with Crippen molar-refractivity contribution in [3.8, 4) is 16.9 Å². The number of aromatic carboxylic acids is 1. The number of benzene rings is 3. The molecule has 0 heterocycles. The zero-order chi connectivity index (χ0) is 22.9. The lowest BCUT2D eigenvalue weighted by atomic mass is 10.0. The van der Waals surface area contributed by atoms with Gasteiger partial charge in [-0.25, -0.2) is 9.59 Å². The van der Waals surface area contributed by atoms with Gasteiger partial charge in [-0.2, -0.15) is 0 Å². The first kappa shape index (κ1) is 22.9. The van der Waals surface area contributed by atoms with Gasteiger partial charge in [0.25, 0.3) is 0 Å². The van der Waals surface area contributed by atoms with Crippen LogP contribution in [0, 0.1) is 0 Å². The van der Waals surface area contributed by atoms with Crippen LogP contribution in [0.1, 0.15) is 35.7 Å². The van der Waals surface area contributed by atoms with E-state index in [-0.39, 0.29) is 11.6 Å².